The molecule has 0 bridgehead atoms. The SMILES string of the molecule is OC(C1=CCCCCC1)c1ccoc1Br. The van der Waals surface area contributed by atoms with Crippen LogP contribution in [-0.4, -0.2) is 5.11 Å². The van der Waals surface area contributed by atoms with Gasteiger partial charge >= 0.3 is 0 Å². The molecule has 0 fully saturated rings. The van der Waals surface area contributed by atoms with Gasteiger partial charge in [0.15, 0.2) is 4.67 Å². The summed E-state index contributed by atoms with van der Waals surface area (Å²) < 4.78 is 5.78. The average Bonchev–Trinajstić information content (AvgIpc) is 2.53. The number of aliphatic hydroxyl groups is 1. The monoisotopic (exact) mass is 270 g/mol. The topological polar surface area (TPSA) is 33.4 Å². The number of furan rings is 1. The first-order chi connectivity index (χ1) is 7.29. The van der Waals surface area contributed by atoms with Crippen LogP contribution in [0.2, 0.25) is 0 Å². The quantitative estimate of drug-likeness (QED) is 0.826. The minimum absolute atomic E-state index is 0.503. The van der Waals surface area contributed by atoms with Gasteiger partial charge < -0.3 is 9.52 Å². The van der Waals surface area contributed by atoms with E-state index in [1.807, 2.05) is 6.07 Å². The van der Waals surface area contributed by atoms with Crippen LogP contribution in [0.3, 0.4) is 0 Å². The lowest BCUT2D eigenvalue weighted by atomic mass is 10.0. The van der Waals surface area contributed by atoms with Gasteiger partial charge in [-0.1, -0.05) is 12.5 Å². The summed E-state index contributed by atoms with van der Waals surface area (Å²) in [6.45, 7) is 0. The molecule has 1 aliphatic rings. The zero-order valence-electron chi connectivity index (χ0n) is 8.58. The Labute approximate surface area is 98.1 Å². The molecular formula is C12H15BrO2. The first-order valence-electron chi connectivity index (χ1n) is 5.39. The Morgan fingerprint density at radius 1 is 1.33 bits per heavy atom. The molecule has 1 aromatic heterocycles. The van der Waals surface area contributed by atoms with Crippen molar-refractivity contribution in [1.29, 1.82) is 0 Å². The fraction of sp³-hybridized carbons (Fsp3) is 0.500. The highest BCUT2D eigenvalue weighted by Gasteiger charge is 2.18. The minimum atomic E-state index is -0.503. The molecule has 1 unspecified atom stereocenters. The van der Waals surface area contributed by atoms with Crippen LogP contribution < -0.4 is 0 Å². The zero-order valence-corrected chi connectivity index (χ0v) is 10.2. The van der Waals surface area contributed by atoms with Crippen LogP contribution in [0.1, 0.15) is 43.8 Å². The van der Waals surface area contributed by atoms with E-state index in [0.29, 0.717) is 4.67 Å². The maximum absolute atomic E-state index is 10.2. The van der Waals surface area contributed by atoms with Crippen LogP contribution in [-0.2, 0) is 0 Å². The van der Waals surface area contributed by atoms with E-state index in [1.54, 1.807) is 6.26 Å². The van der Waals surface area contributed by atoms with Crippen molar-refractivity contribution in [3.63, 3.8) is 0 Å². The lowest BCUT2D eigenvalue weighted by molar-refractivity contribution is 0.208. The lowest BCUT2D eigenvalue weighted by Gasteiger charge is -2.12. The van der Waals surface area contributed by atoms with E-state index in [4.69, 9.17) is 4.42 Å². The van der Waals surface area contributed by atoms with Gasteiger partial charge in [-0.2, -0.15) is 0 Å². The largest absolute Gasteiger partial charge is 0.457 e. The van der Waals surface area contributed by atoms with Gasteiger partial charge in [-0.25, -0.2) is 0 Å². The molecule has 1 atom stereocenters. The van der Waals surface area contributed by atoms with Crippen molar-refractivity contribution in [2.24, 2.45) is 0 Å². The Hall–Kier alpha value is -0.540. The Bertz CT molecular complexity index is 354. The third-order valence-electron chi connectivity index (χ3n) is 2.87. The standard InChI is InChI=1S/C12H15BrO2/c13-12-10(7-8-15-12)11(14)9-5-3-1-2-4-6-9/h5,7-8,11,14H,1-4,6H2. The molecule has 0 spiro atoms. The van der Waals surface area contributed by atoms with Crippen LogP contribution in [0.25, 0.3) is 0 Å². The molecule has 15 heavy (non-hydrogen) atoms. The van der Waals surface area contributed by atoms with Gasteiger partial charge in [0.05, 0.1) is 6.26 Å². The highest BCUT2D eigenvalue weighted by molar-refractivity contribution is 9.10. The number of rotatable bonds is 2. The molecular weight excluding hydrogens is 256 g/mol. The van der Waals surface area contributed by atoms with Crippen molar-refractivity contribution < 1.29 is 9.52 Å². The molecule has 1 aromatic rings. The van der Waals surface area contributed by atoms with Gasteiger partial charge in [0.2, 0.25) is 0 Å². The zero-order chi connectivity index (χ0) is 10.7. The van der Waals surface area contributed by atoms with Crippen molar-refractivity contribution in [1.82, 2.24) is 0 Å². The maximum atomic E-state index is 10.2. The van der Waals surface area contributed by atoms with Crippen LogP contribution in [0, 0.1) is 0 Å². The summed E-state index contributed by atoms with van der Waals surface area (Å²) in [6.07, 6.45) is 9.04. The molecule has 1 heterocycles. The number of allylic oxidation sites excluding steroid dienone is 1. The van der Waals surface area contributed by atoms with Crippen molar-refractivity contribution in [3.8, 4) is 0 Å². The van der Waals surface area contributed by atoms with Gasteiger partial charge in [0.1, 0.15) is 6.10 Å². The highest BCUT2D eigenvalue weighted by atomic mass is 79.9. The van der Waals surface area contributed by atoms with Crippen molar-refractivity contribution in [2.45, 2.75) is 38.2 Å². The molecule has 0 amide bonds. The molecule has 2 rings (SSSR count). The summed E-state index contributed by atoms with van der Waals surface area (Å²) in [5.74, 6) is 0. The lowest BCUT2D eigenvalue weighted by Crippen LogP contribution is -2.00. The van der Waals surface area contributed by atoms with E-state index in [2.05, 4.69) is 22.0 Å². The molecule has 1 aliphatic carbocycles. The second kappa shape index (κ2) is 4.99. The van der Waals surface area contributed by atoms with Gasteiger partial charge in [-0.05, 0) is 53.3 Å². The van der Waals surface area contributed by atoms with Crippen LogP contribution in [0.4, 0.5) is 0 Å². The van der Waals surface area contributed by atoms with E-state index in [-0.39, 0.29) is 0 Å². The molecule has 82 valence electrons. The molecule has 0 saturated carbocycles. The second-order valence-corrected chi connectivity index (χ2v) is 4.65. The highest BCUT2D eigenvalue weighted by Crippen LogP contribution is 2.33. The normalized spacial score (nSPS) is 19.5. The summed E-state index contributed by atoms with van der Waals surface area (Å²) in [6, 6.07) is 1.82. The number of hydrogen-bond acceptors (Lipinski definition) is 2. The number of hydrogen-bond donors (Lipinski definition) is 1. The smallest absolute Gasteiger partial charge is 0.175 e. The molecule has 3 heteroatoms. The summed E-state index contributed by atoms with van der Waals surface area (Å²) in [7, 11) is 0. The molecule has 1 N–H and O–H groups in total. The van der Waals surface area contributed by atoms with E-state index in [9.17, 15) is 5.11 Å². The van der Waals surface area contributed by atoms with Crippen LogP contribution in [0.15, 0.2) is 33.1 Å². The van der Waals surface area contributed by atoms with Gasteiger partial charge in [-0.15, -0.1) is 0 Å². The Balaban J connectivity index is 2.16. The van der Waals surface area contributed by atoms with Crippen LogP contribution in [0.5, 0.6) is 0 Å². The van der Waals surface area contributed by atoms with Crippen molar-refractivity contribution in [2.75, 3.05) is 0 Å². The first kappa shape index (κ1) is 11.0. The van der Waals surface area contributed by atoms with Crippen LogP contribution >= 0.6 is 15.9 Å². The predicted octanol–water partition coefficient (Wildman–Crippen LogP) is 3.97. The third-order valence-corrected chi connectivity index (χ3v) is 3.51. The fourth-order valence-electron chi connectivity index (χ4n) is 1.99. The summed E-state index contributed by atoms with van der Waals surface area (Å²) in [5.41, 5.74) is 1.97. The van der Waals surface area contributed by atoms with Crippen molar-refractivity contribution in [3.05, 3.63) is 34.2 Å². The molecule has 0 radical (unpaired) electrons. The fourth-order valence-corrected chi connectivity index (χ4v) is 2.44. The summed E-state index contributed by atoms with van der Waals surface area (Å²) in [4.78, 5) is 0. The minimum Gasteiger partial charge on any atom is -0.457 e. The maximum Gasteiger partial charge on any atom is 0.175 e. The van der Waals surface area contributed by atoms with Gasteiger partial charge in [0.25, 0.3) is 0 Å². The van der Waals surface area contributed by atoms with E-state index >= 15 is 0 Å². The molecule has 2 nitrogen and oxygen atoms in total. The van der Waals surface area contributed by atoms with E-state index in [1.165, 1.54) is 19.3 Å². The van der Waals surface area contributed by atoms with Gasteiger partial charge in [-0.3, -0.25) is 0 Å². The van der Waals surface area contributed by atoms with E-state index < -0.39 is 6.10 Å². The van der Waals surface area contributed by atoms with E-state index in [0.717, 1.165) is 24.0 Å². The second-order valence-electron chi connectivity index (χ2n) is 3.93. The third kappa shape index (κ3) is 2.52. The Morgan fingerprint density at radius 2 is 2.20 bits per heavy atom. The van der Waals surface area contributed by atoms with Gasteiger partial charge in [0, 0.05) is 5.56 Å². The number of aliphatic hydroxyl groups excluding tert-OH is 1. The Kier molecular flexibility index (Phi) is 3.65. The number of halogens is 1. The predicted molar refractivity (Wildman–Crippen MR) is 62.5 cm³/mol. The molecule has 0 aromatic carbocycles. The summed E-state index contributed by atoms with van der Waals surface area (Å²) >= 11 is 3.30. The van der Waals surface area contributed by atoms with Crippen molar-refractivity contribution >= 4 is 15.9 Å². The molecule has 0 aliphatic heterocycles. The average molecular weight is 271 g/mol. The summed E-state index contributed by atoms with van der Waals surface area (Å²) in [5, 5.41) is 10.2. The molecule has 0 saturated heterocycles. The Morgan fingerprint density at radius 3 is 2.93 bits per heavy atom. The first-order valence-corrected chi connectivity index (χ1v) is 6.18.